The van der Waals surface area contributed by atoms with Gasteiger partial charge in [0.2, 0.25) is 0 Å². The van der Waals surface area contributed by atoms with Crippen molar-refractivity contribution in [3.8, 4) is 17.2 Å². The van der Waals surface area contributed by atoms with E-state index in [1.54, 1.807) is 36.4 Å². The second kappa shape index (κ2) is 8.83. The number of para-hydroxylation sites is 1. The maximum absolute atomic E-state index is 13.7. The highest BCUT2D eigenvalue weighted by molar-refractivity contribution is 6.23. The van der Waals surface area contributed by atoms with Crippen LogP contribution < -0.4 is 16.1 Å². The number of Topliss-reactive ketones (excluding diaryl/α,β-unsaturated/α-hetero) is 1. The Labute approximate surface area is 223 Å². The Morgan fingerprint density at radius 3 is 2.42 bits per heavy atom. The molecular weight excluding hydrogens is 531 g/mol. The molecule has 3 aromatic rings. The number of ketones is 2. The Bertz CT molecular complexity index is 1820. The lowest BCUT2D eigenvalue weighted by atomic mass is 9.68. The summed E-state index contributed by atoms with van der Waals surface area (Å²) in [5.74, 6) is -3.24. The number of fused-ring (bicyclic) bond motifs is 3. The molecule has 12 heteroatoms. The summed E-state index contributed by atoms with van der Waals surface area (Å²) in [5.41, 5.74) is -0.454. The van der Waals surface area contributed by atoms with Crippen molar-refractivity contribution in [1.29, 1.82) is 0 Å². The van der Waals surface area contributed by atoms with Crippen molar-refractivity contribution in [1.82, 2.24) is 13.9 Å². The van der Waals surface area contributed by atoms with Crippen LogP contribution in [0.25, 0.3) is 5.69 Å². The highest BCUT2D eigenvalue weighted by atomic mass is 19.4. The Hall–Kier alpha value is -4.87. The lowest BCUT2D eigenvalue weighted by Gasteiger charge is -2.39. The molecule has 6 rings (SSSR count). The number of ether oxygens (including phenoxy) is 1. The van der Waals surface area contributed by atoms with Crippen LogP contribution in [0.2, 0.25) is 0 Å². The summed E-state index contributed by atoms with van der Waals surface area (Å²) < 4.78 is 46.5. The number of hydrogen-bond acceptors (Lipinski definition) is 6. The van der Waals surface area contributed by atoms with Gasteiger partial charge in [0.1, 0.15) is 11.5 Å². The van der Waals surface area contributed by atoms with Crippen molar-refractivity contribution < 1.29 is 32.6 Å². The molecule has 9 nitrogen and oxygen atoms in total. The molecule has 0 fully saturated rings. The van der Waals surface area contributed by atoms with Crippen LogP contribution in [0.3, 0.4) is 0 Å². The molecule has 40 heavy (non-hydrogen) atoms. The smallest absolute Gasteiger partial charge is 0.508 e. The van der Waals surface area contributed by atoms with Crippen LogP contribution in [0.4, 0.5) is 13.2 Å². The summed E-state index contributed by atoms with van der Waals surface area (Å²) in [6.45, 7) is 1.38. The summed E-state index contributed by atoms with van der Waals surface area (Å²) in [5, 5.41) is 10.8. The maximum Gasteiger partial charge on any atom is 0.573 e. The van der Waals surface area contributed by atoms with Crippen molar-refractivity contribution in [3.63, 3.8) is 0 Å². The number of hydrogen-bond donors (Lipinski definition) is 1. The fourth-order valence-corrected chi connectivity index (χ4v) is 5.77. The fourth-order valence-electron chi connectivity index (χ4n) is 5.77. The molecule has 0 saturated carbocycles. The van der Waals surface area contributed by atoms with Crippen molar-refractivity contribution in [3.05, 3.63) is 110 Å². The second-order valence-corrected chi connectivity index (χ2v) is 9.70. The average molecular weight is 551 g/mol. The van der Waals surface area contributed by atoms with Gasteiger partial charge in [0.25, 0.3) is 0 Å². The van der Waals surface area contributed by atoms with E-state index in [1.807, 2.05) is 0 Å². The first kappa shape index (κ1) is 25.4. The summed E-state index contributed by atoms with van der Waals surface area (Å²) >= 11 is 0. The first-order valence-corrected chi connectivity index (χ1v) is 12.2. The molecule has 3 aliphatic rings. The number of rotatable bonds is 3. The molecule has 0 radical (unpaired) electrons. The van der Waals surface area contributed by atoms with E-state index in [2.05, 4.69) is 4.74 Å². The molecule has 0 spiro atoms. The van der Waals surface area contributed by atoms with Gasteiger partial charge >= 0.3 is 17.7 Å². The largest absolute Gasteiger partial charge is 0.573 e. The molecule has 204 valence electrons. The molecule has 0 saturated heterocycles. The minimum atomic E-state index is -5.02. The molecule has 2 aliphatic carbocycles. The van der Waals surface area contributed by atoms with E-state index in [4.69, 9.17) is 0 Å². The minimum absolute atomic E-state index is 0.00361. The second-order valence-electron chi connectivity index (χ2n) is 9.70. The number of allylic oxidation sites excluding steroid dienone is 6. The van der Waals surface area contributed by atoms with Crippen LogP contribution in [0, 0.1) is 0 Å². The van der Waals surface area contributed by atoms with Gasteiger partial charge in [0, 0.05) is 34.6 Å². The van der Waals surface area contributed by atoms with Gasteiger partial charge in [0.05, 0.1) is 18.3 Å². The molecule has 1 aromatic heterocycles. The lowest BCUT2D eigenvalue weighted by Crippen LogP contribution is -2.40. The standard InChI is InChI=1S/C28H20F3N3O6/c1-14-11-22(36)24-19(25(14)37)13-20-17(23(24)18-12-16(7-8-21(18)35)40-28(29,30)31)9-10-32-26(38)33(27(39)34(20)32)15-5-3-2-4-6-15/h2-9,11-12,20,23,35H,10,13H2,1H3/t20-,23-/m1/s1. The predicted molar refractivity (Wildman–Crippen MR) is 134 cm³/mol. The van der Waals surface area contributed by atoms with Crippen LogP contribution in [0.15, 0.2) is 92.6 Å². The normalized spacial score (nSPS) is 20.4. The van der Waals surface area contributed by atoms with E-state index >= 15 is 0 Å². The zero-order chi connectivity index (χ0) is 28.5. The van der Waals surface area contributed by atoms with Crippen LogP contribution in [-0.2, 0) is 16.1 Å². The fraction of sp³-hybridized carbons (Fsp3) is 0.214. The van der Waals surface area contributed by atoms with Gasteiger partial charge in [0.15, 0.2) is 11.6 Å². The van der Waals surface area contributed by atoms with E-state index in [1.165, 1.54) is 16.3 Å². The van der Waals surface area contributed by atoms with Crippen molar-refractivity contribution in [2.75, 3.05) is 0 Å². The van der Waals surface area contributed by atoms with Gasteiger partial charge in [-0.3, -0.25) is 9.59 Å². The molecule has 0 unspecified atom stereocenters. The quantitative estimate of drug-likeness (QED) is 0.394. The number of phenolic OH excluding ortho intramolecular Hbond substituents is 1. The van der Waals surface area contributed by atoms with Crippen LogP contribution in [0.1, 0.15) is 30.9 Å². The van der Waals surface area contributed by atoms with Gasteiger partial charge in [-0.2, -0.15) is 0 Å². The van der Waals surface area contributed by atoms with Gasteiger partial charge < -0.3 is 9.84 Å². The van der Waals surface area contributed by atoms with Gasteiger partial charge in [-0.15, -0.1) is 13.2 Å². The molecule has 2 aromatic carbocycles. The first-order chi connectivity index (χ1) is 19.0. The summed E-state index contributed by atoms with van der Waals surface area (Å²) in [6, 6.07) is 10.2. The van der Waals surface area contributed by atoms with Crippen molar-refractivity contribution in [2.45, 2.75) is 38.2 Å². The third-order valence-corrected chi connectivity index (χ3v) is 7.39. The number of phenols is 1. The number of alkyl halides is 3. The summed E-state index contributed by atoms with van der Waals surface area (Å²) in [7, 11) is 0. The van der Waals surface area contributed by atoms with E-state index in [9.17, 15) is 37.5 Å². The van der Waals surface area contributed by atoms with E-state index in [0.717, 1.165) is 28.8 Å². The molecule has 2 atom stereocenters. The number of benzene rings is 2. The number of aromatic hydroxyl groups is 1. The number of nitrogens with zero attached hydrogens (tertiary/aromatic N) is 3. The third-order valence-electron chi connectivity index (χ3n) is 7.39. The summed E-state index contributed by atoms with van der Waals surface area (Å²) in [6.07, 6.45) is -2.36. The lowest BCUT2D eigenvalue weighted by molar-refractivity contribution is -0.274. The van der Waals surface area contributed by atoms with E-state index < -0.39 is 52.8 Å². The van der Waals surface area contributed by atoms with Gasteiger partial charge in [-0.25, -0.2) is 23.5 Å². The number of aromatic nitrogens is 3. The van der Waals surface area contributed by atoms with Crippen LogP contribution in [0.5, 0.6) is 11.5 Å². The zero-order valence-electron chi connectivity index (χ0n) is 20.8. The number of halogens is 3. The maximum atomic E-state index is 13.7. The molecule has 2 heterocycles. The predicted octanol–water partition coefficient (Wildman–Crippen LogP) is 3.47. The SMILES string of the molecule is CC1=CC(=O)C2=C(C[C@@H]3C(=CCn4c(=O)n(-c5ccccc5)c(=O)n43)[C@@H]2c2cc(OC(F)(F)F)ccc2O)C1=O. The highest BCUT2D eigenvalue weighted by Crippen LogP contribution is 2.51. The molecule has 1 N–H and O–H groups in total. The van der Waals surface area contributed by atoms with Gasteiger partial charge in [-0.1, -0.05) is 24.3 Å². The first-order valence-electron chi connectivity index (χ1n) is 12.2. The third kappa shape index (κ3) is 3.86. The topological polar surface area (TPSA) is 113 Å². The Morgan fingerprint density at radius 1 is 1.00 bits per heavy atom. The zero-order valence-corrected chi connectivity index (χ0v) is 20.8. The van der Waals surface area contributed by atoms with E-state index in [0.29, 0.717) is 11.3 Å². The molecule has 0 amide bonds. The molecule has 0 bridgehead atoms. The Kier molecular flexibility index (Phi) is 5.61. The van der Waals surface area contributed by atoms with Crippen molar-refractivity contribution in [2.24, 2.45) is 0 Å². The Balaban J connectivity index is 1.58. The number of carbonyl (C=O) groups excluding carboxylic acids is 2. The summed E-state index contributed by atoms with van der Waals surface area (Å²) in [4.78, 5) is 53.6. The van der Waals surface area contributed by atoms with Crippen LogP contribution >= 0.6 is 0 Å². The van der Waals surface area contributed by atoms with Gasteiger partial charge in [-0.05, 0) is 48.9 Å². The van der Waals surface area contributed by atoms with Crippen LogP contribution in [-0.4, -0.2) is 37.0 Å². The highest BCUT2D eigenvalue weighted by Gasteiger charge is 2.45. The van der Waals surface area contributed by atoms with E-state index in [-0.39, 0.29) is 35.2 Å². The monoisotopic (exact) mass is 551 g/mol. The average Bonchev–Trinajstić information content (AvgIpc) is 3.16. The van der Waals surface area contributed by atoms with Crippen molar-refractivity contribution >= 4 is 11.6 Å². The molecule has 1 aliphatic heterocycles. The Morgan fingerprint density at radius 2 is 1.73 bits per heavy atom. The number of carbonyl (C=O) groups is 2. The molecular formula is C28H20F3N3O6. The minimum Gasteiger partial charge on any atom is -0.508 e.